The van der Waals surface area contributed by atoms with Gasteiger partial charge in [0, 0.05) is 0 Å². The summed E-state index contributed by atoms with van der Waals surface area (Å²) in [5.41, 5.74) is 0.0228. The van der Waals surface area contributed by atoms with Crippen molar-refractivity contribution in [2.75, 3.05) is 0 Å². The average Bonchev–Trinajstić information content (AvgIpc) is 2.72. The molecule has 0 aromatic carbocycles. The van der Waals surface area contributed by atoms with Gasteiger partial charge in [0.1, 0.15) is 0 Å². The Morgan fingerprint density at radius 3 is 3.21 bits per heavy atom. The zero-order valence-corrected chi connectivity index (χ0v) is 10.6. The van der Waals surface area contributed by atoms with Gasteiger partial charge in [-0.15, -0.1) is 0 Å². The van der Waals surface area contributed by atoms with Crippen LogP contribution in [-0.4, -0.2) is 26.4 Å². The fourth-order valence-electron chi connectivity index (χ4n) is 0.966. The van der Waals surface area contributed by atoms with Crippen LogP contribution in [-0.2, 0) is 4.74 Å². The van der Waals surface area contributed by atoms with Crippen LogP contribution in [0, 0.1) is 0 Å². The van der Waals surface area contributed by atoms with Crippen LogP contribution in [0.1, 0.15) is 9.67 Å². The van der Waals surface area contributed by atoms with Crippen molar-refractivity contribution in [2.24, 2.45) is 0 Å². The van der Waals surface area contributed by atoms with Crippen molar-refractivity contribution in [1.29, 1.82) is 0 Å². The minimum atomic E-state index is -0.191. The second-order valence-corrected chi connectivity index (χ2v) is 6.54. The van der Waals surface area contributed by atoms with Gasteiger partial charge in [0.05, 0.1) is 0 Å². The van der Waals surface area contributed by atoms with E-state index in [0.717, 1.165) is 5.32 Å². The van der Waals surface area contributed by atoms with Crippen molar-refractivity contribution in [3.05, 3.63) is 32.8 Å². The molecule has 1 aliphatic rings. The summed E-state index contributed by atoms with van der Waals surface area (Å²) in [6.07, 6.45) is 0. The van der Waals surface area contributed by atoms with Crippen LogP contribution < -0.4 is 0 Å². The summed E-state index contributed by atoms with van der Waals surface area (Å²) in [5.74, 6) is -0.191. The van der Waals surface area contributed by atoms with Crippen molar-refractivity contribution >= 4 is 44.0 Å². The van der Waals surface area contributed by atoms with Crippen LogP contribution in [0.5, 0.6) is 0 Å². The Morgan fingerprint density at radius 2 is 2.57 bits per heavy atom. The number of hydrogen-bond acceptors (Lipinski definition) is 4. The van der Waals surface area contributed by atoms with Gasteiger partial charge in [-0.1, -0.05) is 0 Å². The quantitative estimate of drug-likeness (QED) is 0.619. The third-order valence-corrected chi connectivity index (χ3v) is 5.88. The van der Waals surface area contributed by atoms with E-state index in [1.165, 1.54) is 11.3 Å². The number of carbonyl (C=O) groups excluding carboxylic acids is 1. The fraction of sp³-hybridized carbons (Fsp3) is 0.222. The van der Waals surface area contributed by atoms with Crippen LogP contribution in [0.4, 0.5) is 0 Å². The molecule has 1 aromatic heterocycles. The first-order chi connectivity index (χ1) is 6.86. The molecule has 0 saturated carbocycles. The molecule has 2 rings (SSSR count). The first-order valence-corrected chi connectivity index (χ1v) is 8.05. The van der Waals surface area contributed by atoms with Crippen molar-refractivity contribution in [3.63, 3.8) is 0 Å². The summed E-state index contributed by atoms with van der Waals surface area (Å²) >= 11 is 3.50. The first-order valence-electron chi connectivity index (χ1n) is 4.03. The molecule has 1 aliphatic heterocycles. The maximum absolute atomic E-state index is 11.5. The molecule has 0 radical (unpaired) electrons. The Hall–Kier alpha value is -0.221. The summed E-state index contributed by atoms with van der Waals surface area (Å²) in [6, 6.07) is 3.65. The molecule has 0 N–H and O–H groups in total. The normalized spacial score (nSPS) is 20.7. The zero-order valence-electron chi connectivity index (χ0n) is 7.21. The second-order valence-electron chi connectivity index (χ2n) is 2.55. The van der Waals surface area contributed by atoms with E-state index < -0.39 is 0 Å². The van der Waals surface area contributed by atoms with E-state index in [9.17, 15) is 4.79 Å². The fourth-order valence-corrected chi connectivity index (χ4v) is 4.62. The van der Waals surface area contributed by atoms with Gasteiger partial charge >= 0.3 is 97.1 Å². The SMILES string of the molecule is O=C(OC1C[Se]C=CS1)c1cccs1. The summed E-state index contributed by atoms with van der Waals surface area (Å²) in [5, 5.41) is 4.88. The Kier molecular flexibility index (Phi) is 3.70. The zero-order chi connectivity index (χ0) is 9.80. The molecule has 1 unspecified atom stereocenters. The molecular formula is C9H8O2S2Se. The molecule has 1 aromatic rings. The van der Waals surface area contributed by atoms with E-state index in [0.29, 0.717) is 19.8 Å². The maximum atomic E-state index is 11.5. The van der Waals surface area contributed by atoms with Gasteiger partial charge in [-0.2, -0.15) is 0 Å². The molecule has 2 heterocycles. The molecular weight excluding hydrogens is 283 g/mol. The number of esters is 1. The van der Waals surface area contributed by atoms with E-state index in [-0.39, 0.29) is 11.4 Å². The van der Waals surface area contributed by atoms with Gasteiger partial charge in [0.15, 0.2) is 0 Å². The first kappa shape index (κ1) is 10.3. The molecule has 1 atom stereocenters. The standard InChI is InChI=1S/C9H8O2S2Se/c10-9(7-2-1-3-12-7)11-8-6-14-5-4-13-8/h1-5,8H,6H2. The van der Waals surface area contributed by atoms with E-state index in [4.69, 9.17) is 4.74 Å². The Bertz CT molecular complexity index is 335. The number of thiophene rings is 1. The van der Waals surface area contributed by atoms with E-state index >= 15 is 0 Å². The van der Waals surface area contributed by atoms with Crippen molar-refractivity contribution in [1.82, 2.24) is 0 Å². The monoisotopic (exact) mass is 292 g/mol. The third kappa shape index (κ3) is 2.64. The Labute approximate surface area is 96.9 Å². The average molecular weight is 291 g/mol. The van der Waals surface area contributed by atoms with Gasteiger partial charge in [0.2, 0.25) is 0 Å². The van der Waals surface area contributed by atoms with Crippen LogP contribution in [0.3, 0.4) is 0 Å². The predicted molar refractivity (Wildman–Crippen MR) is 60.8 cm³/mol. The minimum absolute atomic E-state index is 0.0228. The molecule has 0 fully saturated rings. The molecule has 0 amide bonds. The van der Waals surface area contributed by atoms with E-state index in [1.54, 1.807) is 17.8 Å². The third-order valence-electron chi connectivity index (χ3n) is 1.58. The molecule has 2 nitrogen and oxygen atoms in total. The number of ether oxygens (including phenoxy) is 1. The molecule has 5 heteroatoms. The van der Waals surface area contributed by atoms with Crippen molar-refractivity contribution in [2.45, 2.75) is 10.8 Å². The molecule has 0 aliphatic carbocycles. The number of hydrogen-bond donors (Lipinski definition) is 0. The summed E-state index contributed by atoms with van der Waals surface area (Å²) in [7, 11) is 0. The topological polar surface area (TPSA) is 26.3 Å². The number of carbonyl (C=O) groups is 1. The van der Waals surface area contributed by atoms with Crippen molar-refractivity contribution in [3.8, 4) is 0 Å². The summed E-state index contributed by atoms with van der Waals surface area (Å²) < 4.78 is 5.33. The summed E-state index contributed by atoms with van der Waals surface area (Å²) in [6.45, 7) is 0. The second kappa shape index (κ2) is 5.03. The molecule has 0 bridgehead atoms. The number of rotatable bonds is 2. The van der Waals surface area contributed by atoms with Crippen LogP contribution >= 0.6 is 23.1 Å². The van der Waals surface area contributed by atoms with Gasteiger partial charge in [0.25, 0.3) is 0 Å². The van der Waals surface area contributed by atoms with Gasteiger partial charge < -0.3 is 0 Å². The molecule has 74 valence electrons. The van der Waals surface area contributed by atoms with Crippen LogP contribution in [0.25, 0.3) is 0 Å². The van der Waals surface area contributed by atoms with Gasteiger partial charge in [-0.25, -0.2) is 0 Å². The van der Waals surface area contributed by atoms with Crippen LogP contribution in [0.15, 0.2) is 27.9 Å². The van der Waals surface area contributed by atoms with Crippen LogP contribution in [0.2, 0.25) is 5.32 Å². The number of thioether (sulfide) groups is 1. The van der Waals surface area contributed by atoms with Gasteiger partial charge in [-0.05, 0) is 0 Å². The van der Waals surface area contributed by atoms with Crippen molar-refractivity contribution < 1.29 is 9.53 Å². The molecule has 14 heavy (non-hydrogen) atoms. The molecule has 0 spiro atoms. The Morgan fingerprint density at radius 1 is 1.64 bits per heavy atom. The van der Waals surface area contributed by atoms with Gasteiger partial charge in [-0.3, -0.25) is 0 Å². The predicted octanol–water partition coefficient (Wildman–Crippen LogP) is 2.57. The van der Waals surface area contributed by atoms with E-state index in [1.807, 2.05) is 16.9 Å². The molecule has 0 saturated heterocycles. The Balaban J connectivity index is 1.91. The van der Waals surface area contributed by atoms with E-state index in [2.05, 4.69) is 4.97 Å². The summed E-state index contributed by atoms with van der Waals surface area (Å²) in [4.78, 5) is 14.4.